The second-order valence-corrected chi connectivity index (χ2v) is 7.59. The van der Waals surface area contributed by atoms with Crippen LogP contribution in [0.25, 0.3) is 16.9 Å². The lowest BCUT2D eigenvalue weighted by atomic mass is 10.1. The van der Waals surface area contributed by atoms with Crippen molar-refractivity contribution in [1.82, 2.24) is 14.6 Å². The third-order valence-electron chi connectivity index (χ3n) is 3.39. The van der Waals surface area contributed by atoms with Gasteiger partial charge in [0.25, 0.3) is 0 Å². The molecule has 8 nitrogen and oxygen atoms in total. The van der Waals surface area contributed by atoms with E-state index in [9.17, 15) is 13.2 Å². The fraction of sp³-hybridized carbons (Fsp3) is 0.188. The van der Waals surface area contributed by atoms with Crippen LogP contribution in [0.2, 0.25) is 5.02 Å². The molecule has 1 N–H and O–H groups in total. The molecular formula is C16H15ClN4O4S. The second-order valence-electron chi connectivity index (χ2n) is 5.41. The third-order valence-corrected chi connectivity index (χ3v) is 4.20. The number of halogens is 1. The smallest absolute Gasteiger partial charge is 0.345 e. The van der Waals surface area contributed by atoms with Crippen LogP contribution in [0, 0.1) is 0 Å². The zero-order chi connectivity index (χ0) is 18.9. The van der Waals surface area contributed by atoms with Crippen molar-refractivity contribution in [3.05, 3.63) is 47.1 Å². The summed E-state index contributed by atoms with van der Waals surface area (Å²) in [5.74, 6) is -0.846. The van der Waals surface area contributed by atoms with Crippen LogP contribution in [0.3, 0.4) is 0 Å². The maximum absolute atomic E-state index is 12.4. The molecule has 10 heteroatoms. The molecule has 2 heterocycles. The fourth-order valence-corrected chi connectivity index (χ4v) is 2.97. The van der Waals surface area contributed by atoms with Crippen LogP contribution in [-0.4, -0.2) is 41.8 Å². The molecule has 0 spiro atoms. The van der Waals surface area contributed by atoms with Gasteiger partial charge in [-0.3, -0.25) is 4.72 Å². The zero-order valence-corrected chi connectivity index (χ0v) is 15.5. The molecule has 2 aromatic heterocycles. The highest BCUT2D eigenvalue weighted by molar-refractivity contribution is 7.92. The highest BCUT2D eigenvalue weighted by Crippen LogP contribution is 2.25. The molecule has 0 bridgehead atoms. The van der Waals surface area contributed by atoms with Crippen molar-refractivity contribution in [1.29, 1.82) is 0 Å². The molecule has 1 aromatic carbocycles. The summed E-state index contributed by atoms with van der Waals surface area (Å²) < 4.78 is 31.7. The normalized spacial score (nSPS) is 11.5. The van der Waals surface area contributed by atoms with Gasteiger partial charge >= 0.3 is 5.97 Å². The number of aromatic nitrogens is 3. The van der Waals surface area contributed by atoms with Crippen molar-refractivity contribution in [2.45, 2.75) is 6.92 Å². The molecule has 0 atom stereocenters. The van der Waals surface area contributed by atoms with Crippen LogP contribution in [0.1, 0.15) is 17.3 Å². The van der Waals surface area contributed by atoms with Gasteiger partial charge in [0.05, 0.1) is 18.6 Å². The predicted octanol–water partition coefficient (Wildman–Crippen LogP) is 2.60. The van der Waals surface area contributed by atoms with Gasteiger partial charge in [0.2, 0.25) is 10.0 Å². The number of benzene rings is 1. The first-order valence-electron chi connectivity index (χ1n) is 7.58. The van der Waals surface area contributed by atoms with Crippen molar-refractivity contribution >= 4 is 39.1 Å². The summed E-state index contributed by atoms with van der Waals surface area (Å²) in [6.07, 6.45) is 2.56. The number of fused-ring (bicyclic) bond motifs is 1. The number of nitrogens with zero attached hydrogens (tertiary/aromatic N) is 3. The number of carbonyl (C=O) groups is 1. The summed E-state index contributed by atoms with van der Waals surface area (Å²) in [7, 11) is -3.64. The van der Waals surface area contributed by atoms with Crippen molar-refractivity contribution in [3.8, 4) is 11.3 Å². The Morgan fingerprint density at radius 3 is 2.58 bits per heavy atom. The Labute approximate surface area is 154 Å². The maximum atomic E-state index is 12.4. The Kier molecular flexibility index (Phi) is 4.84. The Morgan fingerprint density at radius 1 is 1.27 bits per heavy atom. The van der Waals surface area contributed by atoms with Crippen LogP contribution in [0.4, 0.5) is 5.82 Å². The van der Waals surface area contributed by atoms with E-state index in [1.807, 2.05) is 0 Å². The number of anilines is 1. The van der Waals surface area contributed by atoms with Crippen molar-refractivity contribution in [2.24, 2.45) is 0 Å². The number of sulfonamides is 1. The number of hydrogen-bond acceptors (Lipinski definition) is 6. The molecule has 136 valence electrons. The first kappa shape index (κ1) is 18.2. The molecule has 3 rings (SSSR count). The van der Waals surface area contributed by atoms with E-state index in [1.54, 1.807) is 43.5 Å². The minimum Gasteiger partial charge on any atom is -0.462 e. The number of hydrogen-bond donors (Lipinski definition) is 1. The van der Waals surface area contributed by atoms with Gasteiger partial charge in [0.1, 0.15) is 5.56 Å². The third kappa shape index (κ3) is 3.78. The number of nitrogens with one attached hydrogen (secondary N) is 1. The van der Waals surface area contributed by atoms with E-state index in [2.05, 4.69) is 14.8 Å². The molecule has 0 amide bonds. The SMILES string of the molecule is CCOC(=O)c1c(NS(C)(=O)=O)nn2ccc(-c3ccc(Cl)cc3)nc12. The van der Waals surface area contributed by atoms with Crippen LogP contribution >= 0.6 is 11.6 Å². The van der Waals surface area contributed by atoms with Gasteiger partial charge in [-0.15, -0.1) is 5.10 Å². The quantitative estimate of drug-likeness (QED) is 0.667. The van der Waals surface area contributed by atoms with Crippen molar-refractivity contribution in [2.75, 3.05) is 17.6 Å². The van der Waals surface area contributed by atoms with E-state index in [4.69, 9.17) is 16.3 Å². The molecule has 0 saturated carbocycles. The molecule has 0 aliphatic rings. The number of rotatable bonds is 5. The van der Waals surface area contributed by atoms with Crippen molar-refractivity contribution < 1.29 is 17.9 Å². The lowest BCUT2D eigenvalue weighted by Gasteiger charge is -2.04. The summed E-state index contributed by atoms with van der Waals surface area (Å²) in [6.45, 7) is 1.78. The van der Waals surface area contributed by atoms with E-state index in [0.29, 0.717) is 10.7 Å². The summed E-state index contributed by atoms with van der Waals surface area (Å²) in [6, 6.07) is 8.72. The molecule has 3 aromatic rings. The second kappa shape index (κ2) is 6.93. The average molecular weight is 395 g/mol. The van der Waals surface area contributed by atoms with Gasteiger partial charge in [-0.2, -0.15) is 0 Å². The summed E-state index contributed by atoms with van der Waals surface area (Å²) in [5.41, 5.74) is 1.49. The Morgan fingerprint density at radius 2 is 1.96 bits per heavy atom. The summed E-state index contributed by atoms with van der Waals surface area (Å²) in [5, 5.41) is 4.68. The number of carbonyl (C=O) groups excluding carboxylic acids is 1. The van der Waals surface area contributed by atoms with Gasteiger partial charge < -0.3 is 4.74 Å². The standard InChI is InChI=1S/C16H15ClN4O4S/c1-3-25-16(22)13-14(20-26(2,23)24)19-21-9-8-12(18-15(13)21)10-4-6-11(17)7-5-10/h4-9H,3H2,1-2H3,(H,19,20). The van der Waals surface area contributed by atoms with E-state index in [-0.39, 0.29) is 23.6 Å². The number of esters is 1. The minimum absolute atomic E-state index is 0.0481. The van der Waals surface area contributed by atoms with Crippen molar-refractivity contribution in [3.63, 3.8) is 0 Å². The monoisotopic (exact) mass is 394 g/mol. The molecule has 0 unspecified atom stereocenters. The first-order chi connectivity index (χ1) is 12.3. The zero-order valence-electron chi connectivity index (χ0n) is 13.9. The van der Waals surface area contributed by atoms with Gasteiger partial charge in [-0.05, 0) is 25.1 Å². The van der Waals surface area contributed by atoms with E-state index in [1.165, 1.54) is 4.52 Å². The highest BCUT2D eigenvalue weighted by atomic mass is 35.5. The summed E-state index contributed by atoms with van der Waals surface area (Å²) in [4.78, 5) is 16.8. The number of ether oxygens (including phenoxy) is 1. The van der Waals surface area contributed by atoms with Gasteiger partial charge in [0, 0.05) is 16.8 Å². The molecule has 0 radical (unpaired) electrons. The van der Waals surface area contributed by atoms with Crippen LogP contribution in [-0.2, 0) is 14.8 Å². The molecule has 0 aliphatic heterocycles. The summed E-state index contributed by atoms with van der Waals surface area (Å²) >= 11 is 5.90. The Hall–Kier alpha value is -2.65. The average Bonchev–Trinajstić information content (AvgIpc) is 2.90. The van der Waals surface area contributed by atoms with Gasteiger partial charge in [-0.1, -0.05) is 23.7 Å². The lowest BCUT2D eigenvalue weighted by molar-refractivity contribution is 0.0529. The molecule has 0 fully saturated rings. The first-order valence-corrected chi connectivity index (χ1v) is 9.85. The predicted molar refractivity (Wildman–Crippen MR) is 97.9 cm³/mol. The van der Waals surface area contributed by atoms with Crippen LogP contribution in [0.5, 0.6) is 0 Å². The highest BCUT2D eigenvalue weighted by Gasteiger charge is 2.24. The lowest BCUT2D eigenvalue weighted by Crippen LogP contribution is -2.14. The minimum atomic E-state index is -3.64. The van der Waals surface area contributed by atoms with Crippen LogP contribution in [0.15, 0.2) is 36.5 Å². The maximum Gasteiger partial charge on any atom is 0.345 e. The molecular weight excluding hydrogens is 380 g/mol. The van der Waals surface area contributed by atoms with E-state index >= 15 is 0 Å². The topological polar surface area (TPSA) is 103 Å². The largest absolute Gasteiger partial charge is 0.462 e. The van der Waals surface area contributed by atoms with E-state index < -0.39 is 16.0 Å². The molecule has 0 aliphatic carbocycles. The molecule has 0 saturated heterocycles. The Bertz CT molecular complexity index is 1080. The fourth-order valence-electron chi connectivity index (χ4n) is 2.35. The van der Waals surface area contributed by atoms with E-state index in [0.717, 1.165) is 11.8 Å². The molecule has 26 heavy (non-hydrogen) atoms. The van der Waals surface area contributed by atoms with Crippen LogP contribution < -0.4 is 4.72 Å². The van der Waals surface area contributed by atoms with Gasteiger partial charge in [-0.25, -0.2) is 22.7 Å². The van der Waals surface area contributed by atoms with Gasteiger partial charge in [0.15, 0.2) is 11.5 Å². The Balaban J connectivity index is 2.19.